The van der Waals surface area contributed by atoms with Crippen LogP contribution in [-0.2, 0) is 25.5 Å². The smallest absolute Gasteiger partial charge is 0.306 e. The highest BCUT2D eigenvalue weighted by Crippen LogP contribution is 2.17. The summed E-state index contributed by atoms with van der Waals surface area (Å²) in [6.45, 7) is 4.67. The van der Waals surface area contributed by atoms with Crippen molar-refractivity contribution < 1.29 is 24.2 Å². The number of carbonyl (C=O) groups excluding carboxylic acids is 3. The number of ether oxygens (including phenoxy) is 1. The second-order valence-electron chi connectivity index (χ2n) is 8.14. The van der Waals surface area contributed by atoms with Crippen LogP contribution in [0.2, 0.25) is 0 Å². The lowest BCUT2D eigenvalue weighted by Crippen LogP contribution is -2.51. The Kier molecular flexibility index (Phi) is 10.5. The summed E-state index contributed by atoms with van der Waals surface area (Å²) in [5.74, 6) is 3.96. The molecule has 0 spiro atoms. The minimum absolute atomic E-state index is 0.189. The summed E-state index contributed by atoms with van der Waals surface area (Å²) in [5.41, 5.74) is 0.568. The van der Waals surface area contributed by atoms with Crippen LogP contribution in [0.4, 0.5) is 0 Å². The van der Waals surface area contributed by atoms with Crippen molar-refractivity contribution in [1.82, 2.24) is 5.01 Å². The maximum atomic E-state index is 12.3. The van der Waals surface area contributed by atoms with Gasteiger partial charge in [0, 0.05) is 18.9 Å². The fraction of sp³-hybridized carbons (Fsp3) is 0.591. The molecule has 0 aliphatic rings. The van der Waals surface area contributed by atoms with Crippen LogP contribution in [0.25, 0.3) is 0 Å². The molecule has 161 valence electrons. The van der Waals surface area contributed by atoms with Crippen molar-refractivity contribution in [3.05, 3.63) is 35.9 Å². The Balaban J connectivity index is 2.47. The number of aliphatic hydroxyl groups excluding tert-OH is 1. The van der Waals surface area contributed by atoms with Crippen LogP contribution in [0.3, 0.4) is 0 Å². The molecule has 7 nitrogen and oxygen atoms in total. The molecule has 3 N–H and O–H groups in total. The van der Waals surface area contributed by atoms with Crippen LogP contribution in [-0.4, -0.2) is 46.5 Å². The van der Waals surface area contributed by atoms with Gasteiger partial charge < -0.3 is 9.84 Å². The predicted molar refractivity (Wildman–Crippen MR) is 110 cm³/mol. The molecule has 0 heterocycles. The highest BCUT2D eigenvalue weighted by Gasteiger charge is 2.32. The molecule has 0 aliphatic heterocycles. The summed E-state index contributed by atoms with van der Waals surface area (Å²) in [6.07, 6.45) is 5.02. The quantitative estimate of drug-likeness (QED) is 0.182. The van der Waals surface area contributed by atoms with Gasteiger partial charge in [0.25, 0.3) is 0 Å². The van der Waals surface area contributed by atoms with Crippen LogP contribution >= 0.6 is 0 Å². The van der Waals surface area contributed by atoms with E-state index in [2.05, 4.69) is 12.1 Å². The number of benzene rings is 1. The normalized spacial score (nSPS) is 13.4. The molecule has 0 aromatic heterocycles. The number of amides is 1. The van der Waals surface area contributed by atoms with E-state index in [-0.39, 0.29) is 12.8 Å². The minimum Gasteiger partial charge on any atom is -0.460 e. The zero-order chi connectivity index (χ0) is 21.9. The largest absolute Gasteiger partial charge is 0.460 e. The fourth-order valence-electron chi connectivity index (χ4n) is 2.96. The van der Waals surface area contributed by atoms with Gasteiger partial charge in [0.2, 0.25) is 12.2 Å². The van der Waals surface area contributed by atoms with Gasteiger partial charge in [0.1, 0.15) is 11.6 Å². The van der Waals surface area contributed by atoms with Gasteiger partial charge >= 0.3 is 5.97 Å². The van der Waals surface area contributed by atoms with Crippen LogP contribution in [0.1, 0.15) is 58.4 Å². The third-order valence-corrected chi connectivity index (χ3v) is 4.44. The van der Waals surface area contributed by atoms with Gasteiger partial charge in [0.15, 0.2) is 0 Å². The second kappa shape index (κ2) is 12.3. The van der Waals surface area contributed by atoms with Gasteiger partial charge in [-0.1, -0.05) is 36.8 Å². The molecule has 1 radical (unpaired) electrons. The molecule has 1 unspecified atom stereocenters. The van der Waals surface area contributed by atoms with E-state index in [9.17, 15) is 19.5 Å². The molecular formula is C22H33N2O5. The maximum absolute atomic E-state index is 12.3. The lowest BCUT2D eigenvalue weighted by atomic mass is 9.96. The van der Waals surface area contributed by atoms with Crippen LogP contribution in [0.15, 0.2) is 30.3 Å². The van der Waals surface area contributed by atoms with Crippen molar-refractivity contribution in [2.75, 3.05) is 6.61 Å². The molecule has 2 atom stereocenters. The van der Waals surface area contributed by atoms with E-state index in [0.717, 1.165) is 24.3 Å². The first-order valence-electron chi connectivity index (χ1n) is 9.99. The Hall–Kier alpha value is -2.25. The number of carbonyl (C=O) groups is 2. The molecule has 0 bridgehead atoms. The van der Waals surface area contributed by atoms with Crippen molar-refractivity contribution >= 4 is 18.2 Å². The fourth-order valence-corrected chi connectivity index (χ4v) is 2.96. The molecule has 0 saturated heterocycles. The molecule has 0 saturated carbocycles. The first-order chi connectivity index (χ1) is 13.7. The number of hydrogen-bond donors (Lipinski definition) is 2. The number of unbranched alkanes of at least 4 members (excludes halogenated alkanes) is 2. The predicted octanol–water partition coefficient (Wildman–Crippen LogP) is 2.31. The summed E-state index contributed by atoms with van der Waals surface area (Å²) in [4.78, 5) is 35.7. The Labute approximate surface area is 173 Å². The monoisotopic (exact) mass is 405 g/mol. The van der Waals surface area contributed by atoms with E-state index in [1.807, 2.05) is 18.2 Å². The van der Waals surface area contributed by atoms with E-state index < -0.39 is 36.0 Å². The van der Waals surface area contributed by atoms with E-state index >= 15 is 0 Å². The van der Waals surface area contributed by atoms with Gasteiger partial charge in [0.05, 0.1) is 6.42 Å². The Morgan fingerprint density at radius 3 is 2.38 bits per heavy atom. The zero-order valence-electron chi connectivity index (χ0n) is 17.6. The molecule has 7 heteroatoms. The number of nitrogens with two attached hydrogens (primary N) is 1. The Morgan fingerprint density at radius 2 is 1.83 bits per heavy atom. The lowest BCUT2D eigenvalue weighted by Gasteiger charge is -2.29. The van der Waals surface area contributed by atoms with E-state index in [1.165, 1.54) is 5.56 Å². The summed E-state index contributed by atoms with van der Waals surface area (Å²) >= 11 is 0. The van der Waals surface area contributed by atoms with Crippen LogP contribution in [0.5, 0.6) is 0 Å². The van der Waals surface area contributed by atoms with Gasteiger partial charge in [-0.3, -0.25) is 19.4 Å². The van der Waals surface area contributed by atoms with Crippen molar-refractivity contribution in [1.29, 1.82) is 0 Å². The Bertz CT molecular complexity index is 642. The number of esters is 1. The summed E-state index contributed by atoms with van der Waals surface area (Å²) in [6, 6.07) is 8.89. The number of nitrogens with zero attached hydrogens (tertiary/aromatic N) is 1. The number of rotatable bonds is 12. The highest BCUT2D eigenvalue weighted by atomic mass is 16.6. The third kappa shape index (κ3) is 9.67. The van der Waals surface area contributed by atoms with Gasteiger partial charge in [-0.05, 0) is 45.6 Å². The molecular weight excluding hydrogens is 372 g/mol. The number of hydrogen-bond acceptors (Lipinski definition) is 6. The van der Waals surface area contributed by atoms with Gasteiger partial charge in [-0.15, -0.1) is 0 Å². The van der Waals surface area contributed by atoms with Crippen LogP contribution in [0, 0.1) is 5.92 Å². The first kappa shape index (κ1) is 24.8. The lowest BCUT2D eigenvalue weighted by molar-refractivity contribution is -0.157. The Morgan fingerprint density at radius 1 is 1.17 bits per heavy atom. The van der Waals surface area contributed by atoms with Crippen molar-refractivity contribution in [3.63, 3.8) is 0 Å². The van der Waals surface area contributed by atoms with Crippen molar-refractivity contribution in [2.45, 2.75) is 70.9 Å². The standard InChI is InChI=1S/C22H33N2O5/c1-22(2,3)29-21(28)14-18(15-25)19(16-26)24(23)20(27)13-9-5-8-12-17-10-6-4-7-11-17/h4,6-7,10-11,18-19,25H,5,8-9,12-15,23H2,1-3H3/t18?,19-/m1/s1. The summed E-state index contributed by atoms with van der Waals surface area (Å²) < 4.78 is 5.21. The second-order valence-corrected chi connectivity index (χ2v) is 8.14. The van der Waals surface area contributed by atoms with Crippen LogP contribution < -0.4 is 5.84 Å². The zero-order valence-corrected chi connectivity index (χ0v) is 17.6. The first-order valence-corrected chi connectivity index (χ1v) is 9.99. The maximum Gasteiger partial charge on any atom is 0.306 e. The molecule has 0 fully saturated rings. The van der Waals surface area contributed by atoms with Gasteiger partial charge in [-0.2, -0.15) is 0 Å². The molecule has 29 heavy (non-hydrogen) atoms. The molecule has 1 aromatic carbocycles. The van der Waals surface area contributed by atoms with Gasteiger partial charge in [-0.25, -0.2) is 5.84 Å². The van der Waals surface area contributed by atoms with Crippen molar-refractivity contribution in [3.8, 4) is 0 Å². The SMILES string of the molecule is CC(C)(C)OC(=O)CC(CO)[C@@H]([C]=O)N(N)C(=O)CCCCCc1ccccc1. The molecule has 1 rings (SSSR count). The summed E-state index contributed by atoms with van der Waals surface area (Å²) in [5, 5.41) is 10.4. The molecule has 1 amide bonds. The minimum atomic E-state index is -1.20. The topological polar surface area (TPSA) is 110 Å². The van der Waals surface area contributed by atoms with E-state index in [1.54, 1.807) is 27.1 Å². The number of aryl methyl sites for hydroxylation is 1. The average molecular weight is 406 g/mol. The average Bonchev–Trinajstić information content (AvgIpc) is 2.66. The number of aliphatic hydroxyl groups is 1. The highest BCUT2D eigenvalue weighted by molar-refractivity contribution is 5.80. The van der Waals surface area contributed by atoms with E-state index in [4.69, 9.17) is 10.6 Å². The third-order valence-electron chi connectivity index (χ3n) is 4.44. The van der Waals surface area contributed by atoms with Crippen molar-refractivity contribution in [2.24, 2.45) is 11.8 Å². The number of hydrazine groups is 1. The molecule has 0 aliphatic carbocycles. The van der Waals surface area contributed by atoms with E-state index in [0.29, 0.717) is 6.42 Å². The molecule has 1 aromatic rings. The summed E-state index contributed by atoms with van der Waals surface area (Å²) in [7, 11) is 0.